The largest absolute Gasteiger partial charge is 0.314 e. The molecular weight excluding hydrogens is 797 g/mol. The van der Waals surface area contributed by atoms with Crippen molar-refractivity contribution in [3.63, 3.8) is 0 Å². The van der Waals surface area contributed by atoms with Crippen molar-refractivity contribution in [2.45, 2.75) is 30.6 Å². The molecule has 312 valence electrons. The van der Waals surface area contributed by atoms with E-state index in [0.717, 1.165) is 11.4 Å². The Morgan fingerprint density at radius 1 is 0.439 bits per heavy atom. The smallest absolute Gasteiger partial charge is 0.0558 e. The molecule has 0 amide bonds. The third-order valence-corrected chi connectivity index (χ3v) is 15.7. The molecule has 0 fully saturated rings. The monoisotopic (exact) mass is 842 g/mol. The number of anilines is 2. The number of nitrogens with zero attached hydrogens (tertiary/aromatic N) is 2. The maximum atomic E-state index is 2.60. The lowest BCUT2D eigenvalue weighted by Crippen LogP contribution is -2.39. The fraction of sp³-hybridized carbons (Fsp3) is 0.0938. The minimum absolute atomic E-state index is 0.0937. The average Bonchev–Trinajstić information content (AvgIpc) is 4.05. The van der Waals surface area contributed by atoms with Crippen molar-refractivity contribution in [1.82, 2.24) is 4.57 Å². The van der Waals surface area contributed by atoms with Gasteiger partial charge in [-0.25, -0.2) is 0 Å². The lowest BCUT2D eigenvalue weighted by atomic mass is 9.64. The predicted octanol–water partition coefficient (Wildman–Crippen LogP) is 16.1. The first kappa shape index (κ1) is 37.4. The Kier molecular flexibility index (Phi) is 7.82. The summed E-state index contributed by atoms with van der Waals surface area (Å²) in [5.74, 6) is 0.279. The number of hydrogen-bond donors (Lipinski definition) is 0. The summed E-state index contributed by atoms with van der Waals surface area (Å²) in [4.78, 5) is 2.60. The zero-order chi connectivity index (χ0) is 43.7. The quantitative estimate of drug-likeness (QED) is 0.168. The predicted molar refractivity (Wildman–Crippen MR) is 274 cm³/mol. The van der Waals surface area contributed by atoms with E-state index in [1.165, 1.54) is 100.0 Å². The Morgan fingerprint density at radius 3 is 1.59 bits per heavy atom. The maximum absolute atomic E-state index is 2.60. The van der Waals surface area contributed by atoms with Crippen LogP contribution in [0.25, 0.3) is 60.9 Å². The van der Waals surface area contributed by atoms with Crippen molar-refractivity contribution >= 4 is 33.2 Å². The van der Waals surface area contributed by atoms with E-state index in [2.05, 4.69) is 254 Å². The molecule has 1 aromatic heterocycles. The van der Waals surface area contributed by atoms with Crippen molar-refractivity contribution in [3.8, 4) is 39.1 Å². The van der Waals surface area contributed by atoms with Crippen LogP contribution < -0.4 is 4.90 Å². The standard InChI is InChI=1S/C64H46N2/c1-63(2)54-23-9-3-16-46(54)50-39-38-45(40-58(50)63)65(43-34-30-41(31-35-43)42-32-36-44(37-33-42)66-59-27-13-7-20-51(59)52-21-8-14-28-60(52)66)61-29-15-22-53-49-19-6-12-26-57(49)64(62(53)61)55-24-10-4-17-47(55)48-18-5-11-25-56(48)64/h3-40,53,62H,1-2H3. The van der Waals surface area contributed by atoms with E-state index in [9.17, 15) is 0 Å². The van der Waals surface area contributed by atoms with E-state index in [4.69, 9.17) is 0 Å². The molecule has 0 aliphatic heterocycles. The second-order valence-corrected chi connectivity index (χ2v) is 19.2. The fourth-order valence-electron chi connectivity index (χ4n) is 13.0. The molecule has 0 saturated heterocycles. The molecule has 10 aromatic rings. The highest BCUT2D eigenvalue weighted by molar-refractivity contribution is 6.09. The van der Waals surface area contributed by atoms with Gasteiger partial charge in [0.1, 0.15) is 0 Å². The molecule has 0 bridgehead atoms. The summed E-state index contributed by atoms with van der Waals surface area (Å²) in [6.07, 6.45) is 7.22. The topological polar surface area (TPSA) is 8.17 Å². The summed E-state index contributed by atoms with van der Waals surface area (Å²) in [7, 11) is 0. The van der Waals surface area contributed by atoms with Gasteiger partial charge < -0.3 is 9.47 Å². The van der Waals surface area contributed by atoms with Gasteiger partial charge >= 0.3 is 0 Å². The second kappa shape index (κ2) is 13.8. The van der Waals surface area contributed by atoms with Crippen LogP contribution in [0.5, 0.6) is 0 Å². The molecular formula is C64H46N2. The Hall–Kier alpha value is -7.94. The molecule has 4 aliphatic carbocycles. The van der Waals surface area contributed by atoms with Crippen molar-refractivity contribution in [2.75, 3.05) is 4.90 Å². The van der Waals surface area contributed by atoms with Crippen LogP contribution in [-0.4, -0.2) is 4.57 Å². The van der Waals surface area contributed by atoms with Gasteiger partial charge in [0, 0.05) is 50.8 Å². The average molecular weight is 843 g/mol. The molecule has 2 unspecified atom stereocenters. The van der Waals surface area contributed by atoms with Gasteiger partial charge in [-0.3, -0.25) is 0 Å². The van der Waals surface area contributed by atoms with Crippen LogP contribution in [0.3, 0.4) is 0 Å². The van der Waals surface area contributed by atoms with E-state index in [0.29, 0.717) is 0 Å². The highest BCUT2D eigenvalue weighted by Gasteiger charge is 2.60. The number of allylic oxidation sites excluding steroid dienone is 4. The van der Waals surface area contributed by atoms with Gasteiger partial charge in [-0.2, -0.15) is 0 Å². The van der Waals surface area contributed by atoms with Gasteiger partial charge in [0.05, 0.1) is 16.4 Å². The molecule has 1 heterocycles. The molecule has 14 rings (SSSR count). The molecule has 2 atom stereocenters. The molecule has 0 saturated carbocycles. The Balaban J connectivity index is 0.931. The first-order valence-electron chi connectivity index (χ1n) is 23.4. The van der Waals surface area contributed by atoms with Crippen molar-refractivity contribution in [2.24, 2.45) is 5.92 Å². The van der Waals surface area contributed by atoms with Crippen LogP contribution in [0.4, 0.5) is 11.4 Å². The first-order valence-corrected chi connectivity index (χ1v) is 23.4. The van der Waals surface area contributed by atoms with Crippen molar-refractivity contribution in [1.29, 1.82) is 0 Å². The first-order chi connectivity index (χ1) is 32.5. The summed E-state index contributed by atoms with van der Waals surface area (Å²) in [5.41, 5.74) is 22.9. The van der Waals surface area contributed by atoms with E-state index < -0.39 is 0 Å². The minimum atomic E-state index is -0.381. The van der Waals surface area contributed by atoms with Crippen LogP contribution >= 0.6 is 0 Å². The van der Waals surface area contributed by atoms with E-state index >= 15 is 0 Å². The Bertz CT molecular complexity index is 3590. The van der Waals surface area contributed by atoms with Crippen LogP contribution in [-0.2, 0) is 10.8 Å². The number of rotatable bonds is 5. The number of benzene rings is 9. The van der Waals surface area contributed by atoms with Crippen molar-refractivity contribution < 1.29 is 0 Å². The van der Waals surface area contributed by atoms with Gasteiger partial charge in [-0.1, -0.05) is 190 Å². The third kappa shape index (κ3) is 4.96. The van der Waals surface area contributed by atoms with E-state index in [-0.39, 0.29) is 22.7 Å². The highest BCUT2D eigenvalue weighted by Crippen LogP contribution is 2.67. The molecule has 1 spiro atoms. The molecule has 0 N–H and O–H groups in total. The van der Waals surface area contributed by atoms with E-state index in [1.807, 2.05) is 0 Å². The molecule has 66 heavy (non-hydrogen) atoms. The number of para-hydroxylation sites is 2. The second-order valence-electron chi connectivity index (χ2n) is 19.2. The zero-order valence-electron chi connectivity index (χ0n) is 37.0. The summed E-state index contributed by atoms with van der Waals surface area (Å²) in [6.45, 7) is 4.78. The summed E-state index contributed by atoms with van der Waals surface area (Å²) < 4.78 is 2.39. The number of aromatic nitrogens is 1. The minimum Gasteiger partial charge on any atom is -0.314 e. The number of fused-ring (bicyclic) bond motifs is 16. The van der Waals surface area contributed by atoms with Gasteiger partial charge in [0.25, 0.3) is 0 Å². The maximum Gasteiger partial charge on any atom is 0.0558 e. The molecule has 2 nitrogen and oxygen atoms in total. The summed E-state index contributed by atoms with van der Waals surface area (Å²) in [6, 6.07) is 79.8. The summed E-state index contributed by atoms with van der Waals surface area (Å²) >= 11 is 0. The van der Waals surface area contributed by atoms with E-state index in [1.54, 1.807) is 0 Å². The normalized spacial score (nSPS) is 17.5. The lowest BCUT2D eigenvalue weighted by Gasteiger charge is -2.43. The summed E-state index contributed by atoms with van der Waals surface area (Å²) in [5, 5.41) is 2.55. The molecule has 0 radical (unpaired) electrons. The highest BCUT2D eigenvalue weighted by atomic mass is 15.2. The van der Waals surface area contributed by atoms with Gasteiger partial charge in [0.15, 0.2) is 0 Å². The SMILES string of the molecule is CC1(C)c2ccccc2-c2ccc(N(C3=CC=CC4c5ccccc5C5(c6ccccc6-c6ccccc65)C34)c3ccc(-c4ccc(-n5c6ccccc6c6ccccc65)cc4)cc3)cc21. The third-order valence-electron chi connectivity index (χ3n) is 15.7. The number of hydrogen-bond acceptors (Lipinski definition) is 1. The molecule has 4 aliphatic rings. The van der Waals surface area contributed by atoms with Gasteiger partial charge in [-0.05, 0) is 121 Å². The van der Waals surface area contributed by atoms with Crippen LogP contribution in [0.1, 0.15) is 53.1 Å². The Labute approximate surface area is 386 Å². The van der Waals surface area contributed by atoms with Gasteiger partial charge in [0.2, 0.25) is 0 Å². The molecule has 2 heteroatoms. The molecule has 9 aromatic carbocycles. The van der Waals surface area contributed by atoms with Crippen LogP contribution in [0, 0.1) is 5.92 Å². The van der Waals surface area contributed by atoms with Crippen molar-refractivity contribution in [3.05, 3.63) is 270 Å². The fourth-order valence-corrected chi connectivity index (χ4v) is 13.0. The van der Waals surface area contributed by atoms with Gasteiger partial charge in [-0.15, -0.1) is 0 Å². The Morgan fingerprint density at radius 2 is 0.939 bits per heavy atom. The lowest BCUT2D eigenvalue weighted by molar-refractivity contribution is 0.435. The zero-order valence-corrected chi connectivity index (χ0v) is 37.0. The van der Waals surface area contributed by atoms with Crippen LogP contribution in [0.2, 0.25) is 0 Å². The van der Waals surface area contributed by atoms with Crippen LogP contribution in [0.15, 0.2) is 236 Å².